The molecule has 1 aromatic heterocycles. The Morgan fingerprint density at radius 1 is 1.60 bits per heavy atom. The number of aromatic nitrogens is 2. The molecule has 82 valence electrons. The molecule has 1 aromatic rings. The summed E-state index contributed by atoms with van der Waals surface area (Å²) in [5.74, 6) is 0.219. The van der Waals surface area contributed by atoms with Crippen LogP contribution in [0.3, 0.4) is 0 Å². The highest BCUT2D eigenvalue weighted by atomic mass is 35.5. The van der Waals surface area contributed by atoms with Crippen LogP contribution >= 0.6 is 23.4 Å². The van der Waals surface area contributed by atoms with Crippen molar-refractivity contribution in [1.29, 1.82) is 0 Å². The third-order valence-corrected chi connectivity index (χ3v) is 3.83. The van der Waals surface area contributed by atoms with Crippen LogP contribution in [0.4, 0.5) is 5.95 Å². The zero-order valence-electron chi connectivity index (χ0n) is 8.31. The first kappa shape index (κ1) is 11.0. The topological polar surface area (TPSA) is 61.0 Å². The fourth-order valence-corrected chi connectivity index (χ4v) is 2.87. The molecule has 6 heteroatoms. The predicted octanol–water partition coefficient (Wildman–Crippen LogP) is 1.98. The van der Waals surface area contributed by atoms with Gasteiger partial charge in [0, 0.05) is 17.9 Å². The van der Waals surface area contributed by atoms with Crippen molar-refractivity contribution in [1.82, 2.24) is 9.97 Å². The summed E-state index contributed by atoms with van der Waals surface area (Å²) >= 11 is 7.44. The van der Waals surface area contributed by atoms with Crippen LogP contribution in [-0.2, 0) is 4.74 Å². The van der Waals surface area contributed by atoms with Crippen molar-refractivity contribution in [3.05, 3.63) is 11.2 Å². The molecule has 2 rings (SSSR count). The molecule has 0 amide bonds. The van der Waals surface area contributed by atoms with Crippen molar-refractivity contribution in [2.75, 3.05) is 12.3 Å². The lowest BCUT2D eigenvalue weighted by atomic mass is 10.3. The Kier molecular flexibility index (Phi) is 3.33. The summed E-state index contributed by atoms with van der Waals surface area (Å²) in [6.45, 7) is 2.88. The Hall–Kier alpha value is -0.520. The van der Waals surface area contributed by atoms with Crippen LogP contribution in [0.5, 0.6) is 0 Å². The van der Waals surface area contributed by atoms with E-state index < -0.39 is 0 Å². The van der Waals surface area contributed by atoms with Gasteiger partial charge in [-0.3, -0.25) is 0 Å². The van der Waals surface area contributed by atoms with Gasteiger partial charge in [0.05, 0.1) is 6.10 Å². The van der Waals surface area contributed by atoms with Gasteiger partial charge in [-0.2, -0.15) is 0 Å². The van der Waals surface area contributed by atoms with Crippen LogP contribution in [0.1, 0.15) is 13.3 Å². The van der Waals surface area contributed by atoms with E-state index in [0.717, 1.165) is 18.1 Å². The van der Waals surface area contributed by atoms with E-state index in [2.05, 4.69) is 16.9 Å². The molecule has 1 fully saturated rings. The summed E-state index contributed by atoms with van der Waals surface area (Å²) in [6.07, 6.45) is 1.29. The fraction of sp³-hybridized carbons (Fsp3) is 0.556. The summed E-state index contributed by atoms with van der Waals surface area (Å²) in [5.41, 5.74) is 5.52. The second-order valence-corrected chi connectivity index (χ2v) is 5.05. The normalized spacial score (nSPS) is 25.7. The van der Waals surface area contributed by atoms with Crippen molar-refractivity contribution < 1.29 is 4.74 Å². The summed E-state index contributed by atoms with van der Waals surface area (Å²) < 4.78 is 5.47. The molecule has 4 nitrogen and oxygen atoms in total. The highest BCUT2D eigenvalue weighted by Crippen LogP contribution is 2.32. The van der Waals surface area contributed by atoms with Gasteiger partial charge in [-0.25, -0.2) is 9.97 Å². The molecule has 2 heterocycles. The maximum absolute atomic E-state index is 5.80. The molecule has 0 spiro atoms. The maximum Gasteiger partial charge on any atom is 0.222 e. The van der Waals surface area contributed by atoms with Crippen LogP contribution in [0.2, 0.25) is 5.15 Å². The first-order valence-electron chi connectivity index (χ1n) is 4.73. The molecule has 15 heavy (non-hydrogen) atoms. The molecule has 2 atom stereocenters. The smallest absolute Gasteiger partial charge is 0.222 e. The number of ether oxygens (including phenoxy) is 1. The number of rotatable bonds is 2. The molecule has 2 N–H and O–H groups in total. The fourth-order valence-electron chi connectivity index (χ4n) is 1.50. The Balaban J connectivity index is 2.10. The standard InChI is InChI=1S/C9H12ClN3OS/c1-5-6(2-3-14-5)15-8-4-7(10)12-9(11)13-8/h4-6H,2-3H2,1H3,(H2,11,12,13). The van der Waals surface area contributed by atoms with Crippen LogP contribution < -0.4 is 5.73 Å². The monoisotopic (exact) mass is 245 g/mol. The minimum absolute atomic E-state index is 0.219. The second-order valence-electron chi connectivity index (χ2n) is 3.41. The third kappa shape index (κ3) is 2.74. The van der Waals surface area contributed by atoms with Crippen LogP contribution in [0, 0.1) is 0 Å². The molecule has 0 aromatic carbocycles. The molecule has 1 aliphatic heterocycles. The minimum Gasteiger partial charge on any atom is -0.377 e. The van der Waals surface area contributed by atoms with Crippen molar-refractivity contribution in [2.45, 2.75) is 29.7 Å². The largest absolute Gasteiger partial charge is 0.377 e. The highest BCUT2D eigenvalue weighted by molar-refractivity contribution is 7.99. The average molecular weight is 246 g/mol. The number of thioether (sulfide) groups is 1. The van der Waals surface area contributed by atoms with E-state index in [1.807, 2.05) is 0 Å². The van der Waals surface area contributed by atoms with Crippen molar-refractivity contribution in [3.63, 3.8) is 0 Å². The van der Waals surface area contributed by atoms with Gasteiger partial charge in [0.2, 0.25) is 5.95 Å². The quantitative estimate of drug-likeness (QED) is 0.808. The Morgan fingerprint density at radius 2 is 2.40 bits per heavy atom. The first-order valence-corrected chi connectivity index (χ1v) is 5.99. The van der Waals surface area contributed by atoms with Gasteiger partial charge in [0.25, 0.3) is 0 Å². The highest BCUT2D eigenvalue weighted by Gasteiger charge is 2.25. The molecule has 2 unspecified atom stereocenters. The van der Waals surface area contributed by atoms with Crippen molar-refractivity contribution >= 4 is 29.3 Å². The number of anilines is 1. The molecule has 0 aliphatic carbocycles. The average Bonchev–Trinajstić information content (AvgIpc) is 2.50. The van der Waals surface area contributed by atoms with E-state index in [9.17, 15) is 0 Å². The van der Waals surface area contributed by atoms with Crippen LogP contribution in [-0.4, -0.2) is 27.9 Å². The summed E-state index contributed by atoms with van der Waals surface area (Å²) in [5, 5.41) is 1.63. The second kappa shape index (κ2) is 4.55. The molecule has 1 saturated heterocycles. The van der Waals surface area contributed by atoms with Gasteiger partial charge >= 0.3 is 0 Å². The van der Waals surface area contributed by atoms with Gasteiger partial charge in [-0.15, -0.1) is 11.8 Å². The van der Waals surface area contributed by atoms with Gasteiger partial charge in [-0.1, -0.05) is 11.6 Å². The van der Waals surface area contributed by atoms with Gasteiger partial charge in [0.15, 0.2) is 0 Å². The zero-order chi connectivity index (χ0) is 10.8. The zero-order valence-corrected chi connectivity index (χ0v) is 9.88. The number of nitrogens with zero attached hydrogens (tertiary/aromatic N) is 2. The third-order valence-electron chi connectivity index (χ3n) is 2.27. The van der Waals surface area contributed by atoms with Crippen LogP contribution in [0.15, 0.2) is 11.1 Å². The lowest BCUT2D eigenvalue weighted by Gasteiger charge is -2.12. The Bertz CT molecular complexity index is 343. The molecule has 0 radical (unpaired) electrons. The van der Waals surface area contributed by atoms with E-state index in [1.54, 1.807) is 17.8 Å². The Morgan fingerprint density at radius 3 is 3.00 bits per heavy atom. The van der Waals surface area contributed by atoms with Crippen molar-refractivity contribution in [2.24, 2.45) is 0 Å². The summed E-state index contributed by atoms with van der Waals surface area (Å²) in [4.78, 5) is 7.94. The van der Waals surface area contributed by atoms with E-state index in [-0.39, 0.29) is 12.1 Å². The van der Waals surface area contributed by atoms with E-state index >= 15 is 0 Å². The number of hydrogen-bond donors (Lipinski definition) is 1. The lowest BCUT2D eigenvalue weighted by Crippen LogP contribution is -2.13. The number of hydrogen-bond acceptors (Lipinski definition) is 5. The molecule has 0 bridgehead atoms. The number of nitrogen functional groups attached to an aromatic ring is 1. The maximum atomic E-state index is 5.80. The Labute approximate surface area is 97.6 Å². The van der Waals surface area contributed by atoms with E-state index in [0.29, 0.717) is 10.4 Å². The van der Waals surface area contributed by atoms with Crippen LogP contribution in [0.25, 0.3) is 0 Å². The predicted molar refractivity (Wildman–Crippen MR) is 61.1 cm³/mol. The summed E-state index contributed by atoms with van der Waals surface area (Å²) in [7, 11) is 0. The van der Waals surface area contributed by atoms with Crippen molar-refractivity contribution in [3.8, 4) is 0 Å². The van der Waals surface area contributed by atoms with Gasteiger partial charge < -0.3 is 10.5 Å². The molecular weight excluding hydrogens is 234 g/mol. The number of halogens is 1. The lowest BCUT2D eigenvalue weighted by molar-refractivity contribution is 0.127. The van der Waals surface area contributed by atoms with E-state index in [1.165, 1.54) is 0 Å². The number of nitrogens with two attached hydrogens (primary N) is 1. The molecular formula is C9H12ClN3OS. The summed E-state index contributed by atoms with van der Waals surface area (Å²) in [6, 6.07) is 1.73. The molecule has 1 aliphatic rings. The first-order chi connectivity index (χ1) is 7.15. The minimum atomic E-state index is 0.219. The van der Waals surface area contributed by atoms with Gasteiger partial charge in [0.1, 0.15) is 10.2 Å². The van der Waals surface area contributed by atoms with E-state index in [4.69, 9.17) is 22.1 Å². The molecule has 0 saturated carbocycles. The van der Waals surface area contributed by atoms with Gasteiger partial charge in [-0.05, 0) is 13.3 Å². The SMILES string of the molecule is CC1OCCC1Sc1cc(Cl)nc(N)n1.